The fourth-order valence-electron chi connectivity index (χ4n) is 1.59. The Morgan fingerprint density at radius 1 is 1.36 bits per heavy atom. The second-order valence-electron chi connectivity index (χ2n) is 5.74. The van der Waals surface area contributed by atoms with Crippen LogP contribution < -0.4 is 5.32 Å². The van der Waals surface area contributed by atoms with Gasteiger partial charge in [0, 0.05) is 5.02 Å². The number of hydrogen-bond acceptors (Lipinski definition) is 5. The van der Waals surface area contributed by atoms with Gasteiger partial charge in [0.05, 0.1) is 18.9 Å². The molecule has 0 unspecified atom stereocenters. The van der Waals surface area contributed by atoms with Crippen molar-refractivity contribution in [3.8, 4) is 0 Å². The largest absolute Gasteiger partial charge is 0.444 e. The highest BCUT2D eigenvalue weighted by atomic mass is 35.5. The molecule has 1 atom stereocenters. The molecule has 1 N–H and O–H groups in total. The van der Waals surface area contributed by atoms with Gasteiger partial charge in [0.2, 0.25) is 0 Å². The monoisotopic (exact) mass is 349 g/mol. The highest BCUT2D eigenvalue weighted by Gasteiger charge is 2.22. The fraction of sp³-hybridized carbons (Fsp3) is 0.500. The van der Waals surface area contributed by atoms with E-state index in [1.54, 1.807) is 45.0 Å². The summed E-state index contributed by atoms with van der Waals surface area (Å²) >= 11 is 5.92. The Morgan fingerprint density at radius 3 is 2.50 bits per heavy atom. The molecule has 124 valence electrons. The molecule has 22 heavy (non-hydrogen) atoms. The van der Waals surface area contributed by atoms with E-state index in [-0.39, 0.29) is 6.61 Å². The van der Waals surface area contributed by atoms with Crippen LogP contribution in [0.5, 0.6) is 0 Å². The number of ether oxygens (including phenoxy) is 1. The Hall–Kier alpha value is -1.31. The van der Waals surface area contributed by atoms with Gasteiger partial charge in [-0.1, -0.05) is 23.7 Å². The maximum Gasteiger partial charge on any atom is 0.408 e. The van der Waals surface area contributed by atoms with Crippen LogP contribution in [0.3, 0.4) is 0 Å². The van der Waals surface area contributed by atoms with Crippen molar-refractivity contribution in [2.75, 3.05) is 12.9 Å². The number of alkyl carbamates (subject to hydrolysis) is 1. The van der Waals surface area contributed by atoms with Crippen LogP contribution in [0.2, 0.25) is 5.02 Å². The lowest BCUT2D eigenvalue weighted by Gasteiger charge is -2.23. The summed E-state index contributed by atoms with van der Waals surface area (Å²) in [5.74, 6) is 0. The molecule has 1 amide bonds. The minimum Gasteiger partial charge on any atom is -0.444 e. The van der Waals surface area contributed by atoms with Crippen LogP contribution >= 0.6 is 11.6 Å². The molecule has 0 bridgehead atoms. The molecule has 0 aromatic heterocycles. The van der Waals surface area contributed by atoms with E-state index in [2.05, 4.69) is 5.32 Å². The molecule has 0 radical (unpaired) electrons. The summed E-state index contributed by atoms with van der Waals surface area (Å²) in [5.41, 5.74) is -0.0530. The summed E-state index contributed by atoms with van der Waals surface area (Å²) in [6.45, 7) is 4.94. The van der Waals surface area contributed by atoms with Gasteiger partial charge in [-0.05, 0) is 38.5 Å². The molecular weight excluding hydrogens is 330 g/mol. The smallest absolute Gasteiger partial charge is 0.408 e. The number of halogens is 1. The third kappa shape index (κ3) is 7.63. The van der Waals surface area contributed by atoms with Crippen LogP contribution in [0, 0.1) is 0 Å². The molecule has 0 spiro atoms. The first kappa shape index (κ1) is 18.7. The van der Waals surface area contributed by atoms with E-state index < -0.39 is 27.9 Å². The lowest BCUT2D eigenvalue weighted by molar-refractivity contribution is 0.0487. The molecular formula is C14H20ClNO5S. The summed E-state index contributed by atoms with van der Waals surface area (Å²) in [4.78, 5) is 11.9. The highest BCUT2D eigenvalue weighted by Crippen LogP contribution is 2.19. The highest BCUT2D eigenvalue weighted by molar-refractivity contribution is 7.85. The maximum absolute atomic E-state index is 11.9. The van der Waals surface area contributed by atoms with Gasteiger partial charge in [-0.25, -0.2) is 4.79 Å². The first-order valence-electron chi connectivity index (χ1n) is 6.56. The minimum absolute atomic E-state index is 0.252. The fourth-order valence-corrected chi connectivity index (χ4v) is 2.17. The maximum atomic E-state index is 11.9. The summed E-state index contributed by atoms with van der Waals surface area (Å²) < 4.78 is 32.3. The molecule has 1 aromatic carbocycles. The van der Waals surface area contributed by atoms with Crippen molar-refractivity contribution in [1.82, 2.24) is 5.32 Å². The van der Waals surface area contributed by atoms with Crippen molar-refractivity contribution < 1.29 is 22.1 Å². The zero-order valence-electron chi connectivity index (χ0n) is 12.9. The third-order valence-corrected chi connectivity index (χ3v) is 3.19. The van der Waals surface area contributed by atoms with E-state index >= 15 is 0 Å². The van der Waals surface area contributed by atoms with Crippen molar-refractivity contribution in [1.29, 1.82) is 0 Å². The number of carbonyl (C=O) groups is 1. The van der Waals surface area contributed by atoms with Gasteiger partial charge in [-0.2, -0.15) is 8.42 Å². The Balaban J connectivity index is 2.89. The van der Waals surface area contributed by atoms with Crippen molar-refractivity contribution in [3.05, 3.63) is 34.9 Å². The molecule has 0 heterocycles. The van der Waals surface area contributed by atoms with E-state index in [1.165, 1.54) is 0 Å². The van der Waals surface area contributed by atoms with Crippen LogP contribution in [0.4, 0.5) is 4.79 Å². The quantitative estimate of drug-likeness (QED) is 0.826. The lowest BCUT2D eigenvalue weighted by Crippen LogP contribution is -2.37. The molecule has 1 aromatic rings. The standard InChI is InChI=1S/C14H20ClNO5S/c1-14(2,3)21-13(17)16-12(9-20-22(4,18)19)10-6-5-7-11(15)8-10/h5-8,12H,9H2,1-4H3,(H,16,17)/t12-/m1/s1. The molecule has 6 nitrogen and oxygen atoms in total. The predicted molar refractivity (Wildman–Crippen MR) is 84.4 cm³/mol. The average molecular weight is 350 g/mol. The van der Waals surface area contributed by atoms with Crippen molar-refractivity contribution in [2.24, 2.45) is 0 Å². The molecule has 1 rings (SSSR count). The Bertz CT molecular complexity index is 624. The second-order valence-corrected chi connectivity index (χ2v) is 7.82. The van der Waals surface area contributed by atoms with Crippen molar-refractivity contribution >= 4 is 27.8 Å². The van der Waals surface area contributed by atoms with Gasteiger partial charge in [0.1, 0.15) is 5.60 Å². The van der Waals surface area contributed by atoms with Crippen LogP contribution in [-0.2, 0) is 19.0 Å². The van der Waals surface area contributed by atoms with Crippen LogP contribution in [0.1, 0.15) is 32.4 Å². The third-order valence-electron chi connectivity index (χ3n) is 2.39. The molecule has 0 saturated carbocycles. The summed E-state index contributed by atoms with van der Waals surface area (Å²) in [6, 6.07) is 5.99. The first-order valence-corrected chi connectivity index (χ1v) is 8.75. The lowest BCUT2D eigenvalue weighted by atomic mass is 10.1. The van der Waals surface area contributed by atoms with E-state index in [1.807, 2.05) is 0 Å². The van der Waals surface area contributed by atoms with Gasteiger partial charge in [-0.15, -0.1) is 0 Å². The Morgan fingerprint density at radius 2 is 2.00 bits per heavy atom. The molecule has 0 aliphatic carbocycles. The number of amides is 1. The average Bonchev–Trinajstić information content (AvgIpc) is 2.31. The molecule has 0 aliphatic heterocycles. The van der Waals surface area contributed by atoms with Crippen LogP contribution in [-0.4, -0.2) is 33.0 Å². The molecule has 0 saturated heterocycles. The van der Waals surface area contributed by atoms with Gasteiger partial charge in [0.25, 0.3) is 10.1 Å². The molecule has 0 fully saturated rings. The topological polar surface area (TPSA) is 81.7 Å². The summed E-state index contributed by atoms with van der Waals surface area (Å²) in [5, 5.41) is 3.05. The second kappa shape index (κ2) is 7.30. The number of hydrogen-bond donors (Lipinski definition) is 1. The number of carbonyl (C=O) groups excluding carboxylic acids is 1. The zero-order chi connectivity index (χ0) is 17.0. The van der Waals surface area contributed by atoms with E-state index in [4.69, 9.17) is 20.5 Å². The van der Waals surface area contributed by atoms with Gasteiger partial charge < -0.3 is 10.1 Å². The number of rotatable bonds is 5. The number of benzene rings is 1. The molecule has 0 aliphatic rings. The van der Waals surface area contributed by atoms with Gasteiger partial charge >= 0.3 is 6.09 Å². The van der Waals surface area contributed by atoms with Crippen LogP contribution in [0.15, 0.2) is 24.3 Å². The first-order chi connectivity index (χ1) is 9.96. The molecule has 8 heteroatoms. The van der Waals surface area contributed by atoms with E-state index in [9.17, 15) is 13.2 Å². The van der Waals surface area contributed by atoms with E-state index in [0.717, 1.165) is 6.26 Å². The van der Waals surface area contributed by atoms with E-state index in [0.29, 0.717) is 10.6 Å². The number of nitrogens with one attached hydrogen (secondary N) is 1. The SMILES string of the molecule is CC(C)(C)OC(=O)N[C@H](COS(C)(=O)=O)c1cccc(Cl)c1. The van der Waals surface area contributed by atoms with Gasteiger partial charge in [-0.3, -0.25) is 4.18 Å². The van der Waals surface area contributed by atoms with Gasteiger partial charge in [0.15, 0.2) is 0 Å². The Kier molecular flexibility index (Phi) is 6.22. The van der Waals surface area contributed by atoms with Crippen LogP contribution in [0.25, 0.3) is 0 Å². The minimum atomic E-state index is -3.63. The Labute approximate surface area is 135 Å². The summed E-state index contributed by atoms with van der Waals surface area (Å²) in [6.07, 6.45) is 0.268. The predicted octanol–water partition coefficient (Wildman–Crippen LogP) is 2.88. The van der Waals surface area contributed by atoms with Crippen molar-refractivity contribution in [2.45, 2.75) is 32.4 Å². The van der Waals surface area contributed by atoms with Crippen molar-refractivity contribution in [3.63, 3.8) is 0 Å². The normalized spacial score (nSPS) is 13.5. The summed E-state index contributed by atoms with van der Waals surface area (Å²) in [7, 11) is -3.63. The zero-order valence-corrected chi connectivity index (χ0v) is 14.5.